The molecule has 1 N–H and O–H groups in total. The molecule has 144 valence electrons. The molecule has 1 rings (SSSR count). The van der Waals surface area contributed by atoms with Crippen LogP contribution >= 0.6 is 0 Å². The summed E-state index contributed by atoms with van der Waals surface area (Å²) in [5, 5.41) is -0.0958. The van der Waals surface area contributed by atoms with Gasteiger partial charge in [-0.2, -0.15) is 0 Å². The molecule has 0 spiro atoms. The van der Waals surface area contributed by atoms with Crippen molar-refractivity contribution in [1.29, 1.82) is 0 Å². The lowest BCUT2D eigenvalue weighted by Gasteiger charge is -2.36. The van der Waals surface area contributed by atoms with Crippen LogP contribution in [-0.4, -0.2) is 34.5 Å². The Labute approximate surface area is 159 Å². The first-order valence-electron chi connectivity index (χ1n) is 8.60. The van der Waals surface area contributed by atoms with E-state index in [1.807, 2.05) is 13.1 Å². The highest BCUT2D eigenvalue weighted by Crippen LogP contribution is 2.34. The van der Waals surface area contributed by atoms with Crippen LogP contribution in [0.4, 0.5) is 0 Å². The maximum atomic E-state index is 12.7. The van der Waals surface area contributed by atoms with Gasteiger partial charge >= 0.3 is 0 Å². The topological polar surface area (TPSA) is 66.5 Å². The van der Waals surface area contributed by atoms with E-state index >= 15 is 0 Å². The fourth-order valence-corrected chi connectivity index (χ4v) is 6.93. The second-order valence-corrected chi connectivity index (χ2v) is 15.1. The zero-order valence-corrected chi connectivity index (χ0v) is 18.4. The predicted octanol–water partition coefficient (Wildman–Crippen LogP) is 3.34. The molecule has 0 unspecified atom stereocenters. The van der Waals surface area contributed by atoms with E-state index in [-0.39, 0.29) is 15.8 Å². The summed E-state index contributed by atoms with van der Waals surface area (Å²) in [4.78, 5) is 13.7. The number of hydrogen-bond acceptors (Lipinski definition) is 3. The Balaban J connectivity index is 2.87. The summed E-state index contributed by atoms with van der Waals surface area (Å²) in [5.74, 6) is 2.42. The van der Waals surface area contributed by atoms with Crippen molar-refractivity contribution >= 4 is 24.2 Å². The fourth-order valence-electron chi connectivity index (χ4n) is 2.05. The summed E-state index contributed by atoms with van der Waals surface area (Å²) < 4.78 is 28.3. The van der Waals surface area contributed by atoms with Crippen molar-refractivity contribution in [2.45, 2.75) is 63.2 Å². The van der Waals surface area contributed by atoms with Gasteiger partial charge in [-0.1, -0.05) is 46.0 Å². The number of carbonyl (C=O) groups excluding carboxylic acids is 1. The molecule has 0 bridgehead atoms. The summed E-state index contributed by atoms with van der Waals surface area (Å²) in [5.41, 5.74) is 0.868. The summed E-state index contributed by atoms with van der Waals surface area (Å²) in [6.07, 6.45) is 5.91. The van der Waals surface area contributed by atoms with E-state index in [4.69, 9.17) is 6.42 Å². The van der Waals surface area contributed by atoms with Crippen molar-refractivity contribution in [1.82, 2.24) is 9.29 Å². The number of nitrogens with one attached hydrogen (secondary N) is 1. The SMILES string of the molecule is C#CCCC(=O)N(C)Cc1ccc(S(=O)(=O)N[Si](C)(C)C(C)(C)C)cc1. The van der Waals surface area contributed by atoms with Gasteiger partial charge in [0.2, 0.25) is 15.9 Å². The molecule has 0 saturated heterocycles. The Bertz CT molecular complexity index is 772. The van der Waals surface area contributed by atoms with Gasteiger partial charge in [-0.25, -0.2) is 12.8 Å². The van der Waals surface area contributed by atoms with Crippen LogP contribution in [0.2, 0.25) is 18.1 Å². The maximum absolute atomic E-state index is 12.7. The van der Waals surface area contributed by atoms with Crippen LogP contribution in [0.1, 0.15) is 39.2 Å². The lowest BCUT2D eigenvalue weighted by atomic mass is 10.2. The highest BCUT2D eigenvalue weighted by molar-refractivity contribution is 7.91. The third kappa shape index (κ3) is 5.97. The quantitative estimate of drug-likeness (QED) is 0.570. The Hall–Kier alpha value is -1.62. The van der Waals surface area contributed by atoms with E-state index in [1.54, 1.807) is 36.2 Å². The monoisotopic (exact) mass is 394 g/mol. The molecule has 0 aromatic heterocycles. The summed E-state index contributed by atoms with van der Waals surface area (Å²) >= 11 is 0. The molecule has 0 aliphatic rings. The molecule has 1 aromatic rings. The highest BCUT2D eigenvalue weighted by Gasteiger charge is 2.39. The molecule has 26 heavy (non-hydrogen) atoms. The Kier molecular flexibility index (Phi) is 7.22. The van der Waals surface area contributed by atoms with Gasteiger partial charge in [-0.05, 0) is 22.7 Å². The van der Waals surface area contributed by atoms with Gasteiger partial charge in [-0.15, -0.1) is 12.3 Å². The molecular weight excluding hydrogens is 364 g/mol. The van der Waals surface area contributed by atoms with Crippen LogP contribution < -0.4 is 4.39 Å². The third-order valence-electron chi connectivity index (χ3n) is 4.83. The van der Waals surface area contributed by atoms with Crippen molar-refractivity contribution < 1.29 is 13.2 Å². The molecule has 1 amide bonds. The van der Waals surface area contributed by atoms with E-state index in [9.17, 15) is 13.2 Å². The van der Waals surface area contributed by atoms with Gasteiger partial charge < -0.3 is 4.90 Å². The van der Waals surface area contributed by atoms with Gasteiger partial charge in [0.15, 0.2) is 0 Å². The van der Waals surface area contributed by atoms with Crippen LogP contribution in [0.15, 0.2) is 29.2 Å². The van der Waals surface area contributed by atoms with Crippen LogP contribution in [-0.2, 0) is 21.4 Å². The third-order valence-corrected chi connectivity index (χ3v) is 12.6. The molecule has 0 radical (unpaired) electrons. The first kappa shape index (κ1) is 22.4. The van der Waals surface area contributed by atoms with Crippen molar-refractivity contribution in [3.63, 3.8) is 0 Å². The minimum atomic E-state index is -3.57. The average Bonchev–Trinajstić information content (AvgIpc) is 2.51. The zero-order chi connectivity index (χ0) is 20.2. The first-order valence-corrected chi connectivity index (χ1v) is 13.1. The van der Waals surface area contributed by atoms with Crippen molar-refractivity contribution in [2.24, 2.45) is 0 Å². The first-order chi connectivity index (χ1) is 11.8. The van der Waals surface area contributed by atoms with Crippen LogP contribution in [0, 0.1) is 12.3 Å². The molecule has 0 heterocycles. The minimum absolute atomic E-state index is 0.0285. The second-order valence-electron chi connectivity index (χ2n) is 8.08. The number of carbonyl (C=O) groups is 1. The van der Waals surface area contributed by atoms with Crippen LogP contribution in [0.25, 0.3) is 0 Å². The Morgan fingerprint density at radius 3 is 2.23 bits per heavy atom. The largest absolute Gasteiger partial charge is 0.341 e. The van der Waals surface area contributed by atoms with Gasteiger partial charge in [-0.3, -0.25) is 4.79 Å². The van der Waals surface area contributed by atoms with Crippen molar-refractivity contribution in [2.75, 3.05) is 7.05 Å². The predicted molar refractivity (Wildman–Crippen MR) is 109 cm³/mol. The number of nitrogens with zero attached hydrogens (tertiary/aromatic N) is 1. The van der Waals surface area contributed by atoms with E-state index in [0.717, 1.165) is 5.56 Å². The molecule has 0 aliphatic carbocycles. The normalized spacial score (nSPS) is 12.5. The molecular formula is C19H30N2O3SSi. The summed E-state index contributed by atoms with van der Waals surface area (Å²) in [6.45, 7) is 10.6. The number of benzene rings is 1. The molecule has 7 heteroatoms. The number of terminal acetylenes is 1. The highest BCUT2D eigenvalue weighted by atomic mass is 32.2. The minimum Gasteiger partial charge on any atom is -0.341 e. The average molecular weight is 395 g/mol. The van der Waals surface area contributed by atoms with E-state index in [1.165, 1.54) is 0 Å². The second kappa shape index (κ2) is 8.38. The van der Waals surface area contributed by atoms with E-state index in [2.05, 4.69) is 31.1 Å². The van der Waals surface area contributed by atoms with Crippen molar-refractivity contribution in [3.05, 3.63) is 29.8 Å². The number of sulfonamides is 1. The van der Waals surface area contributed by atoms with Gasteiger partial charge in [0.1, 0.15) is 8.24 Å². The molecule has 5 nitrogen and oxygen atoms in total. The lowest BCUT2D eigenvalue weighted by molar-refractivity contribution is -0.130. The zero-order valence-electron chi connectivity index (χ0n) is 16.6. The Morgan fingerprint density at radius 2 is 1.77 bits per heavy atom. The fraction of sp³-hybridized carbons (Fsp3) is 0.526. The van der Waals surface area contributed by atoms with Gasteiger partial charge in [0.05, 0.1) is 4.90 Å². The summed E-state index contributed by atoms with van der Waals surface area (Å²) in [7, 11) is -4.05. The standard InChI is InChI=1S/C19H30N2O3SSi/c1-8-9-10-18(22)21(5)15-16-11-13-17(14-12-16)25(23,24)20-26(6,7)19(2,3)4/h1,11-14,20H,9-10,15H2,2-7H3. The molecule has 0 aliphatic heterocycles. The maximum Gasteiger partial charge on any atom is 0.234 e. The molecule has 0 fully saturated rings. The van der Waals surface area contributed by atoms with Crippen LogP contribution in [0.3, 0.4) is 0 Å². The summed E-state index contributed by atoms with van der Waals surface area (Å²) in [6, 6.07) is 6.66. The van der Waals surface area contributed by atoms with Crippen LogP contribution in [0.5, 0.6) is 0 Å². The number of hydrogen-bond donors (Lipinski definition) is 1. The number of rotatable bonds is 7. The Morgan fingerprint density at radius 1 is 1.23 bits per heavy atom. The van der Waals surface area contributed by atoms with Gasteiger partial charge in [0.25, 0.3) is 0 Å². The molecule has 0 atom stereocenters. The van der Waals surface area contributed by atoms with Gasteiger partial charge in [0, 0.05) is 26.4 Å². The van der Waals surface area contributed by atoms with E-state index < -0.39 is 18.3 Å². The molecule has 0 saturated carbocycles. The van der Waals surface area contributed by atoms with Crippen molar-refractivity contribution in [3.8, 4) is 12.3 Å². The van der Waals surface area contributed by atoms with E-state index in [0.29, 0.717) is 19.4 Å². The number of amides is 1. The smallest absolute Gasteiger partial charge is 0.234 e. The lowest BCUT2D eigenvalue weighted by Crippen LogP contribution is -2.54. The molecule has 1 aromatic carbocycles.